The van der Waals surface area contributed by atoms with E-state index in [-0.39, 0.29) is 30.8 Å². The van der Waals surface area contributed by atoms with E-state index in [1.54, 1.807) is 23.1 Å². The average Bonchev–Trinajstić information content (AvgIpc) is 3.23. The van der Waals surface area contributed by atoms with Crippen molar-refractivity contribution < 1.29 is 19.8 Å². The molecule has 2 atom stereocenters. The molecule has 3 aromatic rings. The van der Waals surface area contributed by atoms with E-state index in [0.717, 1.165) is 32.2 Å². The zero-order chi connectivity index (χ0) is 24.2. The fraction of sp³-hybridized carbons (Fsp3) is 0.360. The first-order valence-corrected chi connectivity index (χ1v) is 12.1. The van der Waals surface area contributed by atoms with Gasteiger partial charge in [0, 0.05) is 47.1 Å². The minimum Gasteiger partial charge on any atom is -0.508 e. The molecule has 0 aliphatic carbocycles. The highest BCUT2D eigenvalue weighted by Gasteiger charge is 2.60. The van der Waals surface area contributed by atoms with Gasteiger partial charge in [-0.15, -0.1) is 0 Å². The van der Waals surface area contributed by atoms with Crippen LogP contribution in [0, 0.1) is 0 Å². The van der Waals surface area contributed by atoms with Gasteiger partial charge in [-0.05, 0) is 55.4 Å². The van der Waals surface area contributed by atoms with Crippen molar-refractivity contribution in [2.45, 2.75) is 24.9 Å². The molecule has 178 valence electrons. The Morgan fingerprint density at radius 2 is 2.00 bits per heavy atom. The lowest BCUT2D eigenvalue weighted by Gasteiger charge is -2.42. The lowest BCUT2D eigenvalue weighted by atomic mass is 9.81. The fourth-order valence-electron chi connectivity index (χ4n) is 5.28. The van der Waals surface area contributed by atoms with Crippen LogP contribution in [0.15, 0.2) is 46.9 Å². The number of urea groups is 1. The van der Waals surface area contributed by atoms with Crippen molar-refractivity contribution in [2.75, 3.05) is 33.3 Å². The van der Waals surface area contributed by atoms with Gasteiger partial charge in [0.2, 0.25) is 0 Å². The summed E-state index contributed by atoms with van der Waals surface area (Å²) in [6, 6.07) is 11.9. The third kappa shape index (κ3) is 3.50. The number of rotatable bonds is 6. The molecule has 0 spiro atoms. The monoisotopic (exact) mass is 526 g/mol. The lowest BCUT2D eigenvalue weighted by Crippen LogP contribution is -2.53. The fourth-order valence-corrected chi connectivity index (χ4v) is 5.64. The Morgan fingerprint density at radius 3 is 2.74 bits per heavy atom. The molecule has 8 nitrogen and oxygen atoms in total. The third-order valence-electron chi connectivity index (χ3n) is 7.00. The van der Waals surface area contributed by atoms with Gasteiger partial charge in [-0.25, -0.2) is 4.79 Å². The molecular formula is C25H27BrN4O4. The Balaban J connectivity index is 1.64. The van der Waals surface area contributed by atoms with Crippen molar-refractivity contribution in [1.29, 1.82) is 0 Å². The van der Waals surface area contributed by atoms with Crippen LogP contribution in [0.5, 0.6) is 5.75 Å². The highest BCUT2D eigenvalue weighted by Crippen LogP contribution is 2.49. The molecule has 2 aromatic carbocycles. The number of aliphatic hydroxyl groups is 1. The van der Waals surface area contributed by atoms with Gasteiger partial charge in [0.15, 0.2) is 0 Å². The summed E-state index contributed by atoms with van der Waals surface area (Å²) in [5, 5.41) is 20.4. The molecule has 2 aliphatic rings. The summed E-state index contributed by atoms with van der Waals surface area (Å²) < 4.78 is 0.936. The second-order valence-electron chi connectivity index (χ2n) is 9.29. The summed E-state index contributed by atoms with van der Waals surface area (Å²) >= 11 is 3.55. The van der Waals surface area contributed by atoms with Crippen LogP contribution in [0.3, 0.4) is 0 Å². The van der Waals surface area contributed by atoms with Crippen molar-refractivity contribution in [2.24, 2.45) is 0 Å². The van der Waals surface area contributed by atoms with E-state index in [9.17, 15) is 19.8 Å². The van der Waals surface area contributed by atoms with Crippen LogP contribution in [-0.2, 0) is 11.2 Å². The number of imide groups is 1. The van der Waals surface area contributed by atoms with Crippen molar-refractivity contribution >= 4 is 38.8 Å². The Morgan fingerprint density at radius 1 is 1.21 bits per heavy atom. The van der Waals surface area contributed by atoms with Crippen LogP contribution in [0.2, 0.25) is 0 Å². The number of likely N-dealkylation sites (N-methyl/N-ethyl adjacent to an activating group) is 1. The van der Waals surface area contributed by atoms with Crippen molar-refractivity contribution in [3.05, 3.63) is 63.8 Å². The molecule has 2 aliphatic heterocycles. The van der Waals surface area contributed by atoms with Gasteiger partial charge in [-0.1, -0.05) is 28.1 Å². The van der Waals surface area contributed by atoms with Crippen molar-refractivity contribution in [1.82, 2.24) is 19.7 Å². The first kappa shape index (κ1) is 22.9. The highest BCUT2D eigenvalue weighted by atomic mass is 79.9. The predicted molar refractivity (Wildman–Crippen MR) is 132 cm³/mol. The lowest BCUT2D eigenvalue weighted by molar-refractivity contribution is -0.133. The number of benzene rings is 2. The van der Waals surface area contributed by atoms with Crippen LogP contribution in [0.1, 0.15) is 29.8 Å². The topological polar surface area (TPSA) is 100 Å². The first-order valence-electron chi connectivity index (χ1n) is 11.3. The number of halogens is 1. The Labute approximate surface area is 205 Å². The van der Waals surface area contributed by atoms with E-state index in [1.165, 1.54) is 4.90 Å². The number of aromatic nitrogens is 1. The molecule has 0 bridgehead atoms. The molecule has 34 heavy (non-hydrogen) atoms. The van der Waals surface area contributed by atoms with Crippen LogP contribution < -0.4 is 0 Å². The third-order valence-corrected chi connectivity index (χ3v) is 7.49. The van der Waals surface area contributed by atoms with E-state index in [2.05, 4.69) is 20.9 Å². The number of H-pyrrole nitrogens is 1. The van der Waals surface area contributed by atoms with Crippen molar-refractivity contribution in [3.8, 4) is 5.75 Å². The van der Waals surface area contributed by atoms with Crippen LogP contribution >= 0.6 is 15.9 Å². The maximum Gasteiger partial charge on any atom is 0.328 e. The SMILES string of the molecule is CN(CCO)CCN1C(=O)N2C(c3cccc(O)c3)c3[nH]c4ccc(Br)cc4c3CC2(C)C1=O. The number of carbonyl (C=O) groups is 2. The number of phenols is 1. The normalized spacial score (nSPS) is 22.1. The number of nitrogens with zero attached hydrogens (tertiary/aromatic N) is 3. The number of amides is 3. The smallest absolute Gasteiger partial charge is 0.328 e. The maximum absolute atomic E-state index is 13.8. The molecule has 5 rings (SSSR count). The quantitative estimate of drug-likeness (QED) is 0.428. The molecule has 1 fully saturated rings. The summed E-state index contributed by atoms with van der Waals surface area (Å²) in [7, 11) is 1.85. The highest BCUT2D eigenvalue weighted by molar-refractivity contribution is 9.10. The van der Waals surface area contributed by atoms with Gasteiger partial charge in [0.1, 0.15) is 17.3 Å². The Kier molecular flexibility index (Phi) is 5.66. The number of aliphatic hydroxyl groups excluding tert-OH is 1. The zero-order valence-corrected chi connectivity index (χ0v) is 20.7. The number of phenolic OH excluding ortho intramolecular Hbond substituents is 1. The van der Waals surface area contributed by atoms with Crippen LogP contribution in [-0.4, -0.2) is 80.7 Å². The van der Waals surface area contributed by atoms with Gasteiger partial charge >= 0.3 is 6.03 Å². The van der Waals surface area contributed by atoms with E-state index >= 15 is 0 Å². The maximum atomic E-state index is 13.8. The van der Waals surface area contributed by atoms with E-state index < -0.39 is 11.6 Å². The minimum absolute atomic E-state index is 0.0130. The van der Waals surface area contributed by atoms with Gasteiger partial charge in [-0.3, -0.25) is 14.6 Å². The molecule has 3 N–H and O–H groups in total. The second kappa shape index (κ2) is 8.41. The predicted octanol–water partition coefficient (Wildman–Crippen LogP) is 3.23. The molecular weight excluding hydrogens is 500 g/mol. The number of hydrogen-bond donors (Lipinski definition) is 3. The Hall–Kier alpha value is -2.88. The summed E-state index contributed by atoms with van der Waals surface area (Å²) in [6.07, 6.45) is 0.391. The molecule has 2 unspecified atom stereocenters. The number of hydrogen-bond acceptors (Lipinski definition) is 5. The number of aromatic hydroxyl groups is 1. The number of nitrogens with one attached hydrogen (secondary N) is 1. The van der Waals surface area contributed by atoms with Gasteiger partial charge in [0.05, 0.1) is 6.61 Å². The number of aromatic amines is 1. The second-order valence-corrected chi connectivity index (χ2v) is 10.2. The number of fused-ring (bicyclic) bond motifs is 4. The summed E-state index contributed by atoms with van der Waals surface area (Å²) in [4.78, 5) is 35.9. The van der Waals surface area contributed by atoms with E-state index in [0.29, 0.717) is 19.5 Å². The first-order chi connectivity index (χ1) is 16.2. The van der Waals surface area contributed by atoms with Gasteiger partial charge in [-0.2, -0.15) is 0 Å². The molecule has 0 saturated carbocycles. The molecule has 1 aromatic heterocycles. The largest absolute Gasteiger partial charge is 0.508 e. The van der Waals surface area contributed by atoms with E-state index in [4.69, 9.17) is 0 Å². The van der Waals surface area contributed by atoms with Crippen LogP contribution in [0.25, 0.3) is 10.9 Å². The standard InChI is InChI=1S/C25H27BrN4O4/c1-25-14-19-18-13-16(26)6-7-20(18)27-21(19)22(15-4-3-5-17(32)12-15)30(25)24(34)29(23(25)33)9-8-28(2)10-11-31/h3-7,12-13,22,27,31-32H,8-11,14H2,1-2H3. The number of carbonyl (C=O) groups excluding carboxylic acids is 2. The van der Waals surface area contributed by atoms with Gasteiger partial charge in [0.25, 0.3) is 5.91 Å². The summed E-state index contributed by atoms with van der Waals surface area (Å²) in [5.74, 6) is -0.124. The molecule has 0 radical (unpaired) electrons. The summed E-state index contributed by atoms with van der Waals surface area (Å²) in [6.45, 7) is 3.03. The van der Waals surface area contributed by atoms with E-state index in [1.807, 2.05) is 43.1 Å². The molecule has 9 heteroatoms. The van der Waals surface area contributed by atoms with Crippen molar-refractivity contribution in [3.63, 3.8) is 0 Å². The minimum atomic E-state index is -1.06. The Bertz CT molecular complexity index is 1290. The molecule has 3 amide bonds. The van der Waals surface area contributed by atoms with Crippen LogP contribution in [0.4, 0.5) is 4.79 Å². The van der Waals surface area contributed by atoms with Gasteiger partial charge < -0.3 is 20.1 Å². The average molecular weight is 527 g/mol. The molecule has 1 saturated heterocycles. The zero-order valence-electron chi connectivity index (χ0n) is 19.1. The molecule has 3 heterocycles. The summed E-state index contributed by atoms with van der Waals surface area (Å²) in [5.41, 5.74) is 2.47.